The van der Waals surface area contributed by atoms with Gasteiger partial charge in [-0.15, -0.1) is 0 Å². The number of benzene rings is 3. The first-order chi connectivity index (χ1) is 20.3. The molecule has 1 aromatic heterocycles. The second-order valence-corrected chi connectivity index (χ2v) is 10.9. The minimum absolute atomic E-state index is 0.0794. The van der Waals surface area contributed by atoms with Crippen molar-refractivity contribution in [3.8, 4) is 16.9 Å². The van der Waals surface area contributed by atoms with E-state index in [2.05, 4.69) is 16.0 Å². The number of carbonyl (C=O) groups excluding carboxylic acids is 2. The predicted molar refractivity (Wildman–Crippen MR) is 161 cm³/mol. The number of anilines is 1. The van der Waals surface area contributed by atoms with Crippen molar-refractivity contribution in [1.29, 1.82) is 0 Å². The van der Waals surface area contributed by atoms with Crippen LogP contribution in [0.15, 0.2) is 65.1 Å². The molecule has 0 bridgehead atoms. The lowest BCUT2D eigenvalue weighted by atomic mass is 9.98. The molecule has 0 radical (unpaired) electrons. The molecule has 1 saturated heterocycles. The maximum absolute atomic E-state index is 13.4. The maximum Gasteiger partial charge on any atom is 0.259 e. The van der Waals surface area contributed by atoms with Gasteiger partial charge in [0.05, 0.1) is 24.9 Å². The molecule has 9 heteroatoms. The van der Waals surface area contributed by atoms with Crippen LogP contribution in [0.25, 0.3) is 22.1 Å². The summed E-state index contributed by atoms with van der Waals surface area (Å²) in [5.41, 5.74) is 3.40. The molecule has 1 fully saturated rings. The van der Waals surface area contributed by atoms with Gasteiger partial charge >= 0.3 is 0 Å². The highest BCUT2D eigenvalue weighted by Gasteiger charge is 2.21. The molecule has 220 valence electrons. The number of fused-ring (bicyclic) bond motifs is 1. The minimum atomic E-state index is -0.386. The van der Waals surface area contributed by atoms with Crippen LogP contribution < -0.4 is 20.7 Å². The molecule has 0 spiro atoms. The topological polar surface area (TPSA) is 102 Å². The number of carbonyl (C=O) groups is 2. The molecule has 5 rings (SSSR count). The molecule has 3 aromatic carbocycles. The summed E-state index contributed by atoms with van der Waals surface area (Å²) in [4.78, 5) is 26.3. The number of furan rings is 1. The van der Waals surface area contributed by atoms with Crippen LogP contribution in [0.3, 0.4) is 0 Å². The van der Waals surface area contributed by atoms with Crippen molar-refractivity contribution in [3.63, 3.8) is 0 Å². The standard InChI is InChI=1S/C33H36FN3O5/c1-20(2)18-36-32(38)23-5-10-29(41-14-12-26-19-35-13-15-40-26)27(17-23)22-4-11-30-28(16-22)31(21(3)42-30)33(39)37-25-8-6-24(34)7-9-25/h4-11,16-17,20,26,35H,12-15,18-19H2,1-3H3,(H,36,38)(H,37,39). The third kappa shape index (κ3) is 6.98. The SMILES string of the molecule is Cc1oc2ccc(-c3cc(C(=O)NCC(C)C)ccc3OCCC3CNCCO3)cc2c1C(=O)Nc1ccc(F)cc1. The molecule has 1 aliphatic rings. The van der Waals surface area contributed by atoms with Gasteiger partial charge in [-0.05, 0) is 73.0 Å². The minimum Gasteiger partial charge on any atom is -0.493 e. The second-order valence-electron chi connectivity index (χ2n) is 10.9. The third-order valence-corrected chi connectivity index (χ3v) is 7.12. The van der Waals surface area contributed by atoms with Gasteiger partial charge < -0.3 is 29.8 Å². The average Bonchev–Trinajstić information content (AvgIpc) is 3.32. The summed E-state index contributed by atoms with van der Waals surface area (Å²) in [6.45, 7) is 9.13. The van der Waals surface area contributed by atoms with E-state index in [4.69, 9.17) is 13.9 Å². The first kappa shape index (κ1) is 29.3. The number of hydrogen-bond donors (Lipinski definition) is 3. The normalized spacial score (nSPS) is 15.1. The number of amides is 2. The van der Waals surface area contributed by atoms with E-state index < -0.39 is 0 Å². The first-order valence-corrected chi connectivity index (χ1v) is 14.3. The Kier molecular flexibility index (Phi) is 9.19. The Bertz CT molecular complexity index is 1560. The lowest BCUT2D eigenvalue weighted by molar-refractivity contribution is 0.0159. The lowest BCUT2D eigenvalue weighted by Crippen LogP contribution is -2.39. The highest BCUT2D eigenvalue weighted by molar-refractivity contribution is 6.14. The number of rotatable bonds is 10. The van der Waals surface area contributed by atoms with Crippen LogP contribution in [0, 0.1) is 18.7 Å². The molecule has 0 saturated carbocycles. The number of morpholine rings is 1. The Labute approximate surface area is 244 Å². The van der Waals surface area contributed by atoms with Gasteiger partial charge in [0.15, 0.2) is 0 Å². The van der Waals surface area contributed by atoms with E-state index in [1.807, 2.05) is 44.2 Å². The molecular formula is C33H36FN3O5. The quantitative estimate of drug-likeness (QED) is 0.217. The van der Waals surface area contributed by atoms with E-state index in [1.165, 1.54) is 24.3 Å². The van der Waals surface area contributed by atoms with Crippen molar-refractivity contribution in [3.05, 3.63) is 83.4 Å². The molecule has 8 nitrogen and oxygen atoms in total. The molecule has 2 amide bonds. The number of nitrogens with one attached hydrogen (secondary N) is 3. The zero-order valence-electron chi connectivity index (χ0n) is 24.1. The van der Waals surface area contributed by atoms with Crippen LogP contribution in [0.4, 0.5) is 10.1 Å². The zero-order valence-corrected chi connectivity index (χ0v) is 24.1. The Morgan fingerprint density at radius 3 is 2.62 bits per heavy atom. The molecular weight excluding hydrogens is 537 g/mol. The summed E-state index contributed by atoms with van der Waals surface area (Å²) in [7, 11) is 0. The number of ether oxygens (including phenoxy) is 2. The van der Waals surface area contributed by atoms with Gasteiger partial charge in [0.25, 0.3) is 11.8 Å². The van der Waals surface area contributed by atoms with Gasteiger partial charge in [-0.25, -0.2) is 4.39 Å². The first-order valence-electron chi connectivity index (χ1n) is 14.3. The summed E-state index contributed by atoms with van der Waals surface area (Å²) >= 11 is 0. The van der Waals surface area contributed by atoms with Gasteiger partial charge in [0, 0.05) is 48.3 Å². The van der Waals surface area contributed by atoms with Gasteiger partial charge in [-0.2, -0.15) is 0 Å². The van der Waals surface area contributed by atoms with Crippen LogP contribution >= 0.6 is 0 Å². The van der Waals surface area contributed by atoms with Crippen LogP contribution in [0.1, 0.15) is 46.7 Å². The predicted octanol–water partition coefficient (Wildman–Crippen LogP) is 5.94. The highest BCUT2D eigenvalue weighted by atomic mass is 19.1. The molecule has 3 N–H and O–H groups in total. The summed E-state index contributed by atoms with van der Waals surface area (Å²) in [6, 6.07) is 16.5. The number of halogens is 1. The van der Waals surface area contributed by atoms with Crippen molar-refractivity contribution >= 4 is 28.5 Å². The molecule has 1 aliphatic heterocycles. The highest BCUT2D eigenvalue weighted by Crippen LogP contribution is 2.36. The lowest BCUT2D eigenvalue weighted by Gasteiger charge is -2.23. The molecule has 4 aromatic rings. The molecule has 1 atom stereocenters. The largest absolute Gasteiger partial charge is 0.493 e. The Hall–Kier alpha value is -4.21. The van der Waals surface area contributed by atoms with Gasteiger partial charge in [0.2, 0.25) is 0 Å². The maximum atomic E-state index is 13.4. The van der Waals surface area contributed by atoms with Crippen molar-refractivity contribution in [2.45, 2.75) is 33.3 Å². The summed E-state index contributed by atoms with van der Waals surface area (Å²) in [6.07, 6.45) is 0.798. The molecule has 0 aliphatic carbocycles. The second kappa shape index (κ2) is 13.2. The van der Waals surface area contributed by atoms with Crippen LogP contribution in [-0.4, -0.2) is 50.8 Å². The van der Waals surface area contributed by atoms with Crippen molar-refractivity contribution in [1.82, 2.24) is 10.6 Å². The fourth-order valence-electron chi connectivity index (χ4n) is 4.92. The summed E-state index contributed by atoms with van der Waals surface area (Å²) in [5, 5.41) is 9.74. The van der Waals surface area contributed by atoms with Crippen LogP contribution in [-0.2, 0) is 4.74 Å². The smallest absolute Gasteiger partial charge is 0.259 e. The van der Waals surface area contributed by atoms with E-state index in [-0.39, 0.29) is 23.7 Å². The third-order valence-electron chi connectivity index (χ3n) is 7.12. The Morgan fingerprint density at radius 2 is 1.88 bits per heavy atom. The van der Waals surface area contributed by atoms with E-state index >= 15 is 0 Å². The molecule has 1 unspecified atom stereocenters. The van der Waals surface area contributed by atoms with E-state index in [1.54, 1.807) is 13.0 Å². The van der Waals surface area contributed by atoms with Gasteiger partial charge in [-0.1, -0.05) is 19.9 Å². The summed E-state index contributed by atoms with van der Waals surface area (Å²) in [5.74, 6) is 0.478. The van der Waals surface area contributed by atoms with Crippen LogP contribution in [0.5, 0.6) is 5.75 Å². The van der Waals surface area contributed by atoms with Crippen LogP contribution in [0.2, 0.25) is 0 Å². The van der Waals surface area contributed by atoms with Gasteiger partial charge in [-0.3, -0.25) is 9.59 Å². The monoisotopic (exact) mass is 573 g/mol. The Morgan fingerprint density at radius 1 is 1.07 bits per heavy atom. The summed E-state index contributed by atoms with van der Waals surface area (Å²) < 4.78 is 31.3. The van der Waals surface area contributed by atoms with E-state index in [0.717, 1.165) is 30.6 Å². The molecule has 42 heavy (non-hydrogen) atoms. The Balaban J connectivity index is 1.47. The van der Waals surface area contributed by atoms with E-state index in [0.29, 0.717) is 65.0 Å². The number of hydrogen-bond acceptors (Lipinski definition) is 6. The van der Waals surface area contributed by atoms with Crippen molar-refractivity contribution in [2.75, 3.05) is 38.2 Å². The zero-order chi connectivity index (χ0) is 29.6. The molecule has 2 heterocycles. The van der Waals surface area contributed by atoms with Crippen molar-refractivity contribution < 1.29 is 27.9 Å². The average molecular weight is 574 g/mol. The van der Waals surface area contributed by atoms with Crippen molar-refractivity contribution in [2.24, 2.45) is 5.92 Å². The number of aryl methyl sites for hydroxylation is 1. The van der Waals surface area contributed by atoms with Gasteiger partial charge in [0.1, 0.15) is 22.9 Å². The van der Waals surface area contributed by atoms with E-state index in [9.17, 15) is 14.0 Å². The fourth-order valence-corrected chi connectivity index (χ4v) is 4.92. The fraction of sp³-hybridized carbons (Fsp3) is 0.333.